The van der Waals surface area contributed by atoms with Crippen LogP contribution in [0, 0.1) is 5.92 Å². The SMILES string of the molecule is CC(C)C/C=C\CBr. The average molecular weight is 177 g/mol. The Morgan fingerprint density at radius 1 is 1.38 bits per heavy atom. The normalized spacial score (nSPS) is 11.5. The number of hydrogen-bond acceptors (Lipinski definition) is 0. The smallest absolute Gasteiger partial charge is 0.0212 e. The number of hydrogen-bond donors (Lipinski definition) is 0. The quantitative estimate of drug-likeness (QED) is 0.459. The van der Waals surface area contributed by atoms with Crippen molar-refractivity contribution in [2.45, 2.75) is 20.3 Å². The molecule has 0 aliphatic rings. The van der Waals surface area contributed by atoms with E-state index in [2.05, 4.69) is 41.9 Å². The van der Waals surface area contributed by atoms with E-state index in [1.165, 1.54) is 6.42 Å². The molecule has 0 aliphatic carbocycles. The molecule has 0 amide bonds. The molecule has 8 heavy (non-hydrogen) atoms. The highest BCUT2D eigenvalue weighted by molar-refractivity contribution is 9.09. The van der Waals surface area contributed by atoms with Crippen molar-refractivity contribution >= 4 is 15.9 Å². The second-order valence-corrected chi connectivity index (χ2v) is 2.90. The van der Waals surface area contributed by atoms with Crippen LogP contribution in [0.2, 0.25) is 0 Å². The Hall–Kier alpha value is 0.220. The molecule has 0 aromatic heterocycles. The van der Waals surface area contributed by atoms with Crippen LogP contribution in [0.15, 0.2) is 12.2 Å². The average Bonchev–Trinajstić information content (AvgIpc) is 1.66. The van der Waals surface area contributed by atoms with E-state index in [1.807, 2.05) is 0 Å². The number of allylic oxidation sites excluding steroid dienone is 2. The van der Waals surface area contributed by atoms with Gasteiger partial charge in [-0.1, -0.05) is 41.9 Å². The molecule has 0 fully saturated rings. The van der Waals surface area contributed by atoms with Gasteiger partial charge in [0.05, 0.1) is 0 Å². The Balaban J connectivity index is 3.03. The van der Waals surface area contributed by atoms with Gasteiger partial charge in [-0.25, -0.2) is 0 Å². The first-order valence-electron chi connectivity index (χ1n) is 2.98. The molecule has 0 bridgehead atoms. The molecule has 1 heteroatoms. The molecular formula is C7H13Br. The lowest BCUT2D eigenvalue weighted by Gasteiger charge is -1.94. The Morgan fingerprint density at radius 3 is 2.38 bits per heavy atom. The number of rotatable bonds is 3. The molecule has 0 saturated heterocycles. The standard InChI is InChI=1S/C7H13Br/c1-7(2)5-3-4-6-8/h3-4,7H,5-6H2,1-2H3/b4-3-. The number of halogens is 1. The van der Waals surface area contributed by atoms with Crippen LogP contribution in [0.25, 0.3) is 0 Å². The van der Waals surface area contributed by atoms with Crippen molar-refractivity contribution in [1.82, 2.24) is 0 Å². The minimum Gasteiger partial charge on any atom is -0.0883 e. The molecule has 0 N–H and O–H groups in total. The molecule has 0 aromatic rings. The van der Waals surface area contributed by atoms with Gasteiger partial charge in [0.15, 0.2) is 0 Å². The predicted octanol–water partition coefficient (Wildman–Crippen LogP) is 2.98. The van der Waals surface area contributed by atoms with Crippen LogP contribution in [0.3, 0.4) is 0 Å². The summed E-state index contributed by atoms with van der Waals surface area (Å²) >= 11 is 3.31. The molecule has 0 aliphatic heterocycles. The maximum atomic E-state index is 3.31. The second kappa shape index (κ2) is 5.36. The van der Waals surface area contributed by atoms with E-state index in [-0.39, 0.29) is 0 Å². The third kappa shape index (κ3) is 6.22. The van der Waals surface area contributed by atoms with Gasteiger partial charge in [0, 0.05) is 5.33 Å². The van der Waals surface area contributed by atoms with Gasteiger partial charge < -0.3 is 0 Å². The van der Waals surface area contributed by atoms with Gasteiger partial charge in [0.25, 0.3) is 0 Å². The molecule has 0 atom stereocenters. The van der Waals surface area contributed by atoms with Gasteiger partial charge in [-0.2, -0.15) is 0 Å². The van der Waals surface area contributed by atoms with Gasteiger partial charge in [-0.05, 0) is 12.3 Å². The summed E-state index contributed by atoms with van der Waals surface area (Å²) in [7, 11) is 0. The maximum Gasteiger partial charge on any atom is 0.0212 e. The fourth-order valence-corrected chi connectivity index (χ4v) is 0.696. The summed E-state index contributed by atoms with van der Waals surface area (Å²) in [6, 6.07) is 0. The monoisotopic (exact) mass is 176 g/mol. The molecule has 0 rings (SSSR count). The van der Waals surface area contributed by atoms with E-state index < -0.39 is 0 Å². The predicted molar refractivity (Wildman–Crippen MR) is 42.4 cm³/mol. The Kier molecular flexibility index (Phi) is 5.51. The third-order valence-electron chi connectivity index (χ3n) is 0.863. The van der Waals surface area contributed by atoms with Crippen molar-refractivity contribution in [2.24, 2.45) is 5.92 Å². The molecule has 0 heterocycles. The zero-order valence-corrected chi connectivity index (χ0v) is 7.11. The van der Waals surface area contributed by atoms with Crippen molar-refractivity contribution in [3.63, 3.8) is 0 Å². The Bertz CT molecular complexity index is 64.8. The summed E-state index contributed by atoms with van der Waals surface area (Å²) in [5.74, 6) is 0.797. The van der Waals surface area contributed by atoms with Crippen LogP contribution in [-0.2, 0) is 0 Å². The highest BCUT2D eigenvalue weighted by Gasteiger charge is 1.84. The van der Waals surface area contributed by atoms with Crippen molar-refractivity contribution in [2.75, 3.05) is 5.33 Å². The molecular weight excluding hydrogens is 164 g/mol. The summed E-state index contributed by atoms with van der Waals surface area (Å²) in [5.41, 5.74) is 0. The fraction of sp³-hybridized carbons (Fsp3) is 0.714. The van der Waals surface area contributed by atoms with E-state index >= 15 is 0 Å². The molecule has 0 spiro atoms. The van der Waals surface area contributed by atoms with Crippen LogP contribution < -0.4 is 0 Å². The van der Waals surface area contributed by atoms with Gasteiger partial charge in [-0.3, -0.25) is 0 Å². The largest absolute Gasteiger partial charge is 0.0883 e. The van der Waals surface area contributed by atoms with Crippen molar-refractivity contribution in [3.8, 4) is 0 Å². The van der Waals surface area contributed by atoms with Gasteiger partial charge >= 0.3 is 0 Å². The van der Waals surface area contributed by atoms with Gasteiger partial charge in [0.2, 0.25) is 0 Å². The van der Waals surface area contributed by atoms with E-state index in [9.17, 15) is 0 Å². The Labute approximate surface area is 60.1 Å². The number of alkyl halides is 1. The second-order valence-electron chi connectivity index (χ2n) is 2.26. The summed E-state index contributed by atoms with van der Waals surface area (Å²) in [6.07, 6.45) is 5.55. The molecule has 0 aromatic carbocycles. The third-order valence-corrected chi connectivity index (χ3v) is 1.24. The van der Waals surface area contributed by atoms with Gasteiger partial charge in [0.1, 0.15) is 0 Å². The molecule has 0 nitrogen and oxygen atoms in total. The summed E-state index contributed by atoms with van der Waals surface area (Å²) < 4.78 is 0. The summed E-state index contributed by atoms with van der Waals surface area (Å²) in [5, 5.41) is 0.986. The summed E-state index contributed by atoms with van der Waals surface area (Å²) in [4.78, 5) is 0. The first kappa shape index (κ1) is 8.22. The lowest BCUT2D eigenvalue weighted by Crippen LogP contribution is -1.80. The van der Waals surface area contributed by atoms with Crippen LogP contribution in [0.5, 0.6) is 0 Å². The van der Waals surface area contributed by atoms with Crippen LogP contribution in [0.1, 0.15) is 20.3 Å². The lowest BCUT2D eigenvalue weighted by atomic mass is 10.1. The zero-order chi connectivity index (χ0) is 6.41. The van der Waals surface area contributed by atoms with E-state index in [0.717, 1.165) is 11.2 Å². The molecule has 48 valence electrons. The van der Waals surface area contributed by atoms with Gasteiger partial charge in [-0.15, -0.1) is 0 Å². The Morgan fingerprint density at radius 2 is 2.00 bits per heavy atom. The maximum absolute atomic E-state index is 3.31. The molecule has 0 radical (unpaired) electrons. The van der Waals surface area contributed by atoms with Crippen LogP contribution >= 0.6 is 15.9 Å². The highest BCUT2D eigenvalue weighted by Crippen LogP contribution is 1.99. The van der Waals surface area contributed by atoms with E-state index in [4.69, 9.17) is 0 Å². The fourth-order valence-electron chi connectivity index (χ4n) is 0.431. The minimum absolute atomic E-state index is 0.797. The van der Waals surface area contributed by atoms with E-state index in [0.29, 0.717) is 0 Å². The van der Waals surface area contributed by atoms with E-state index in [1.54, 1.807) is 0 Å². The first-order chi connectivity index (χ1) is 3.77. The van der Waals surface area contributed by atoms with Crippen LogP contribution in [-0.4, -0.2) is 5.33 Å². The minimum atomic E-state index is 0.797. The topological polar surface area (TPSA) is 0 Å². The molecule has 0 unspecified atom stereocenters. The lowest BCUT2D eigenvalue weighted by molar-refractivity contribution is 0.663. The van der Waals surface area contributed by atoms with Crippen LogP contribution in [0.4, 0.5) is 0 Å². The van der Waals surface area contributed by atoms with Crippen molar-refractivity contribution < 1.29 is 0 Å². The van der Waals surface area contributed by atoms with Crippen molar-refractivity contribution in [3.05, 3.63) is 12.2 Å². The summed E-state index contributed by atoms with van der Waals surface area (Å²) in [6.45, 7) is 4.44. The van der Waals surface area contributed by atoms with Crippen molar-refractivity contribution in [1.29, 1.82) is 0 Å². The first-order valence-corrected chi connectivity index (χ1v) is 4.10. The molecule has 0 saturated carbocycles. The zero-order valence-electron chi connectivity index (χ0n) is 5.52. The highest BCUT2D eigenvalue weighted by atomic mass is 79.9.